The van der Waals surface area contributed by atoms with Crippen LogP contribution in [-0.4, -0.2) is 41.0 Å². The Hall–Kier alpha value is -1.40. The summed E-state index contributed by atoms with van der Waals surface area (Å²) in [6, 6.07) is 7.07. The number of benzene rings is 1. The van der Waals surface area contributed by atoms with Gasteiger partial charge in [-0.1, -0.05) is 22.0 Å². The Labute approximate surface area is 126 Å². The lowest BCUT2D eigenvalue weighted by Crippen LogP contribution is -2.38. The zero-order chi connectivity index (χ0) is 14.7. The minimum Gasteiger partial charge on any atom is -0.393 e. The molecule has 0 radical (unpaired) electrons. The molecule has 20 heavy (non-hydrogen) atoms. The number of likely N-dealkylation sites (tertiary alicyclic amines) is 1. The molecule has 1 fully saturated rings. The number of carbonyl (C=O) groups is 2. The third-order valence-corrected chi connectivity index (χ3v) is 3.96. The molecule has 1 aromatic carbocycles. The van der Waals surface area contributed by atoms with Gasteiger partial charge in [-0.15, -0.1) is 0 Å². The molecule has 1 aliphatic heterocycles. The molecule has 0 spiro atoms. The van der Waals surface area contributed by atoms with E-state index in [1.165, 1.54) is 4.90 Å². The number of hydrogen-bond donors (Lipinski definition) is 2. The molecule has 2 rings (SSSR count). The van der Waals surface area contributed by atoms with E-state index in [1.54, 1.807) is 25.1 Å². The largest absolute Gasteiger partial charge is 0.393 e. The molecule has 0 saturated carbocycles. The van der Waals surface area contributed by atoms with Gasteiger partial charge >= 0.3 is 11.8 Å². The van der Waals surface area contributed by atoms with E-state index in [0.717, 1.165) is 10.9 Å². The lowest BCUT2D eigenvalue weighted by Gasteiger charge is -2.17. The molecule has 108 valence electrons. The van der Waals surface area contributed by atoms with Crippen molar-refractivity contribution in [2.45, 2.75) is 19.4 Å². The minimum atomic E-state index is -0.644. The van der Waals surface area contributed by atoms with Crippen LogP contribution in [-0.2, 0) is 9.59 Å². The monoisotopic (exact) mass is 340 g/mol. The second-order valence-electron chi connectivity index (χ2n) is 5.00. The van der Waals surface area contributed by atoms with Crippen molar-refractivity contribution >= 4 is 33.4 Å². The molecule has 5 nitrogen and oxygen atoms in total. The average Bonchev–Trinajstić information content (AvgIpc) is 2.87. The van der Waals surface area contributed by atoms with E-state index in [2.05, 4.69) is 21.2 Å². The molecule has 1 aliphatic rings. The van der Waals surface area contributed by atoms with Gasteiger partial charge < -0.3 is 15.3 Å². The number of anilines is 1. The molecule has 2 unspecified atom stereocenters. The predicted molar refractivity (Wildman–Crippen MR) is 79.1 cm³/mol. The number of aliphatic hydroxyl groups is 1. The van der Waals surface area contributed by atoms with Crippen molar-refractivity contribution in [3.05, 3.63) is 28.7 Å². The number of amides is 2. The Kier molecular flexibility index (Phi) is 4.77. The van der Waals surface area contributed by atoms with E-state index in [0.29, 0.717) is 18.8 Å². The van der Waals surface area contributed by atoms with Gasteiger partial charge in [-0.2, -0.15) is 0 Å². The molecule has 0 bridgehead atoms. The summed E-state index contributed by atoms with van der Waals surface area (Å²) in [5.41, 5.74) is 0.573. The smallest absolute Gasteiger partial charge is 0.313 e. The minimum absolute atomic E-state index is 0.0534. The number of carbonyl (C=O) groups excluding carboxylic acids is 2. The van der Waals surface area contributed by atoms with E-state index in [1.807, 2.05) is 6.07 Å². The fourth-order valence-corrected chi connectivity index (χ4v) is 2.66. The maximum absolute atomic E-state index is 12.0. The highest BCUT2D eigenvalue weighted by Crippen LogP contribution is 2.20. The zero-order valence-corrected chi connectivity index (χ0v) is 12.8. The number of halogens is 1. The highest BCUT2D eigenvalue weighted by molar-refractivity contribution is 9.10. The Bertz CT molecular complexity index is 519. The second kappa shape index (κ2) is 6.37. The fraction of sp³-hybridized carbons (Fsp3) is 0.429. The van der Waals surface area contributed by atoms with Crippen molar-refractivity contribution in [1.82, 2.24) is 4.90 Å². The number of nitrogens with one attached hydrogen (secondary N) is 1. The van der Waals surface area contributed by atoms with Crippen LogP contribution >= 0.6 is 15.9 Å². The van der Waals surface area contributed by atoms with E-state index in [4.69, 9.17) is 0 Å². The molecule has 2 atom stereocenters. The van der Waals surface area contributed by atoms with Crippen molar-refractivity contribution in [1.29, 1.82) is 0 Å². The van der Waals surface area contributed by atoms with Crippen molar-refractivity contribution in [3.8, 4) is 0 Å². The van der Waals surface area contributed by atoms with Crippen LogP contribution in [0, 0.1) is 5.92 Å². The first-order valence-electron chi connectivity index (χ1n) is 6.51. The van der Waals surface area contributed by atoms with Gasteiger partial charge in [-0.3, -0.25) is 9.59 Å². The molecule has 6 heteroatoms. The molecular formula is C14H17BrN2O3. The van der Waals surface area contributed by atoms with Gasteiger partial charge in [0.1, 0.15) is 0 Å². The predicted octanol–water partition coefficient (Wildman–Crippen LogP) is 1.62. The first-order valence-corrected chi connectivity index (χ1v) is 7.30. The highest BCUT2D eigenvalue weighted by atomic mass is 79.9. The van der Waals surface area contributed by atoms with Crippen LogP contribution in [0.15, 0.2) is 28.7 Å². The molecule has 2 amide bonds. The third-order valence-electron chi connectivity index (χ3n) is 3.47. The quantitative estimate of drug-likeness (QED) is 0.803. The van der Waals surface area contributed by atoms with E-state index in [9.17, 15) is 14.7 Å². The van der Waals surface area contributed by atoms with Gasteiger partial charge in [0, 0.05) is 29.2 Å². The van der Waals surface area contributed by atoms with Gasteiger partial charge in [0.2, 0.25) is 0 Å². The maximum atomic E-state index is 12.0. The average molecular weight is 341 g/mol. The SMILES string of the molecule is CC(O)C1CCN(C(=O)C(=O)Nc2cccc(Br)c2)C1. The Morgan fingerprint density at radius 3 is 2.85 bits per heavy atom. The van der Waals surface area contributed by atoms with Gasteiger partial charge in [0.25, 0.3) is 0 Å². The summed E-state index contributed by atoms with van der Waals surface area (Å²) in [7, 11) is 0. The van der Waals surface area contributed by atoms with Crippen LogP contribution in [0.3, 0.4) is 0 Å². The maximum Gasteiger partial charge on any atom is 0.313 e. The number of nitrogens with zero attached hydrogens (tertiary/aromatic N) is 1. The summed E-state index contributed by atoms with van der Waals surface area (Å²) >= 11 is 3.30. The van der Waals surface area contributed by atoms with Gasteiger partial charge in [0.15, 0.2) is 0 Å². The van der Waals surface area contributed by atoms with Gasteiger partial charge in [0.05, 0.1) is 6.10 Å². The van der Waals surface area contributed by atoms with Crippen molar-refractivity contribution in [2.75, 3.05) is 18.4 Å². The van der Waals surface area contributed by atoms with Crippen LogP contribution in [0.1, 0.15) is 13.3 Å². The Morgan fingerprint density at radius 1 is 1.50 bits per heavy atom. The van der Waals surface area contributed by atoms with E-state index < -0.39 is 17.9 Å². The standard InChI is InChI=1S/C14H17BrN2O3/c1-9(18)10-5-6-17(8-10)14(20)13(19)16-12-4-2-3-11(15)7-12/h2-4,7,9-10,18H,5-6,8H2,1H3,(H,16,19). The van der Waals surface area contributed by atoms with Crippen molar-refractivity contribution < 1.29 is 14.7 Å². The molecule has 2 N–H and O–H groups in total. The zero-order valence-electron chi connectivity index (χ0n) is 11.2. The molecule has 1 heterocycles. The molecule has 1 saturated heterocycles. The number of hydrogen-bond acceptors (Lipinski definition) is 3. The van der Waals surface area contributed by atoms with Gasteiger partial charge in [-0.25, -0.2) is 0 Å². The highest BCUT2D eigenvalue weighted by Gasteiger charge is 2.32. The summed E-state index contributed by atoms with van der Waals surface area (Å²) in [6.07, 6.45) is 0.272. The number of aliphatic hydroxyl groups excluding tert-OH is 1. The molecule has 0 aliphatic carbocycles. The van der Waals surface area contributed by atoms with E-state index >= 15 is 0 Å². The first kappa shape index (κ1) is 15.0. The van der Waals surface area contributed by atoms with Crippen LogP contribution in [0.5, 0.6) is 0 Å². The van der Waals surface area contributed by atoms with Crippen molar-refractivity contribution in [3.63, 3.8) is 0 Å². The molecule has 0 aromatic heterocycles. The lowest BCUT2D eigenvalue weighted by molar-refractivity contribution is -0.142. The van der Waals surface area contributed by atoms with Crippen molar-refractivity contribution in [2.24, 2.45) is 5.92 Å². The van der Waals surface area contributed by atoms with Crippen LogP contribution < -0.4 is 5.32 Å². The molecule has 1 aromatic rings. The van der Waals surface area contributed by atoms with E-state index in [-0.39, 0.29) is 5.92 Å². The first-order chi connectivity index (χ1) is 9.47. The summed E-state index contributed by atoms with van der Waals surface area (Å²) in [5.74, 6) is -1.14. The fourth-order valence-electron chi connectivity index (χ4n) is 2.26. The van der Waals surface area contributed by atoms with Crippen LogP contribution in [0.2, 0.25) is 0 Å². The second-order valence-corrected chi connectivity index (χ2v) is 5.92. The number of rotatable bonds is 2. The van der Waals surface area contributed by atoms with Gasteiger partial charge in [-0.05, 0) is 31.5 Å². The van der Waals surface area contributed by atoms with Crippen LogP contribution in [0.4, 0.5) is 5.69 Å². The summed E-state index contributed by atoms with van der Waals surface area (Å²) in [5, 5.41) is 12.1. The lowest BCUT2D eigenvalue weighted by atomic mass is 10.0. The molecular weight excluding hydrogens is 324 g/mol. The Morgan fingerprint density at radius 2 is 2.25 bits per heavy atom. The third kappa shape index (κ3) is 3.58. The summed E-state index contributed by atoms with van der Waals surface area (Å²) < 4.78 is 0.832. The summed E-state index contributed by atoms with van der Waals surface area (Å²) in [6.45, 7) is 2.66. The topological polar surface area (TPSA) is 69.6 Å². The summed E-state index contributed by atoms with van der Waals surface area (Å²) in [4.78, 5) is 25.4. The Balaban J connectivity index is 1.95. The normalized spacial score (nSPS) is 19.8. The van der Waals surface area contributed by atoms with Crippen LogP contribution in [0.25, 0.3) is 0 Å².